The normalized spacial score (nSPS) is 25.0. The van der Waals surface area contributed by atoms with Gasteiger partial charge in [0.25, 0.3) is 0 Å². The van der Waals surface area contributed by atoms with E-state index in [-0.39, 0.29) is 12.2 Å². The average Bonchev–Trinajstić information content (AvgIpc) is 2.39. The molecule has 5 heteroatoms. The summed E-state index contributed by atoms with van der Waals surface area (Å²) in [5.41, 5.74) is 0.496. The van der Waals surface area contributed by atoms with Gasteiger partial charge in [-0.05, 0) is 31.9 Å². The maximum atomic E-state index is 8.92. The highest BCUT2D eigenvalue weighted by Crippen LogP contribution is 2.26. The lowest BCUT2D eigenvalue weighted by Gasteiger charge is -2.39. The maximum Gasteiger partial charge on any atom is 0.151 e. The Morgan fingerprint density at radius 3 is 2.88 bits per heavy atom. The molecule has 0 saturated carbocycles. The minimum atomic E-state index is -0.102. The van der Waals surface area contributed by atoms with E-state index >= 15 is 0 Å². The summed E-state index contributed by atoms with van der Waals surface area (Å²) in [6, 6.07) is 3.71. The molecule has 0 spiro atoms. The number of methoxy groups -OCH3 is 1. The number of rotatable bonds is 3. The zero-order chi connectivity index (χ0) is 12.3. The van der Waals surface area contributed by atoms with Crippen LogP contribution in [-0.4, -0.2) is 41.1 Å². The van der Waals surface area contributed by atoms with Crippen LogP contribution < -0.4 is 4.90 Å². The van der Waals surface area contributed by atoms with E-state index in [4.69, 9.17) is 9.84 Å². The number of aliphatic hydroxyl groups excluding tert-OH is 1. The van der Waals surface area contributed by atoms with Gasteiger partial charge in [0.05, 0.1) is 17.9 Å². The molecule has 2 rings (SSSR count). The monoisotopic (exact) mass is 237 g/mol. The molecule has 1 atom stereocenters. The second kappa shape index (κ2) is 4.98. The van der Waals surface area contributed by atoms with Crippen LogP contribution in [-0.2, 0) is 11.3 Å². The van der Waals surface area contributed by atoms with Crippen LogP contribution in [0.15, 0.2) is 12.1 Å². The number of piperidine rings is 1. The third-order valence-electron chi connectivity index (χ3n) is 3.34. The van der Waals surface area contributed by atoms with Crippen molar-refractivity contribution in [2.75, 3.05) is 25.1 Å². The van der Waals surface area contributed by atoms with Gasteiger partial charge in [-0.3, -0.25) is 0 Å². The Morgan fingerprint density at radius 2 is 2.29 bits per heavy atom. The SMILES string of the molecule is COC1(C)CCCN(c2ccc(CO)nn2)C1. The second-order valence-electron chi connectivity index (χ2n) is 4.72. The van der Waals surface area contributed by atoms with Crippen molar-refractivity contribution < 1.29 is 9.84 Å². The predicted octanol–water partition coefficient (Wildman–Crippen LogP) is 0.974. The first kappa shape index (κ1) is 12.3. The summed E-state index contributed by atoms with van der Waals surface area (Å²) in [5.74, 6) is 0.852. The molecular formula is C12H19N3O2. The summed E-state index contributed by atoms with van der Waals surface area (Å²) in [6.07, 6.45) is 2.16. The van der Waals surface area contributed by atoms with Crippen LogP contribution in [0.1, 0.15) is 25.5 Å². The highest BCUT2D eigenvalue weighted by Gasteiger charge is 2.31. The molecule has 0 radical (unpaired) electrons. The Morgan fingerprint density at radius 1 is 1.47 bits per heavy atom. The number of hydrogen-bond acceptors (Lipinski definition) is 5. The number of aromatic nitrogens is 2. The summed E-state index contributed by atoms with van der Waals surface area (Å²) in [7, 11) is 1.75. The molecule has 0 aliphatic carbocycles. The van der Waals surface area contributed by atoms with Gasteiger partial charge in [0.15, 0.2) is 5.82 Å². The molecule has 5 nitrogen and oxygen atoms in total. The van der Waals surface area contributed by atoms with Crippen molar-refractivity contribution in [1.29, 1.82) is 0 Å². The van der Waals surface area contributed by atoms with Gasteiger partial charge in [-0.25, -0.2) is 0 Å². The van der Waals surface area contributed by atoms with Crippen LogP contribution in [0.4, 0.5) is 5.82 Å². The lowest BCUT2D eigenvalue weighted by molar-refractivity contribution is -0.00484. The van der Waals surface area contributed by atoms with E-state index in [0.29, 0.717) is 5.69 Å². The molecule has 2 heterocycles. The molecule has 1 aliphatic rings. The van der Waals surface area contributed by atoms with Gasteiger partial charge in [0, 0.05) is 20.2 Å². The van der Waals surface area contributed by atoms with Crippen molar-refractivity contribution in [2.24, 2.45) is 0 Å². The predicted molar refractivity (Wildman–Crippen MR) is 64.8 cm³/mol. The van der Waals surface area contributed by atoms with Crippen molar-refractivity contribution in [3.63, 3.8) is 0 Å². The molecule has 1 aromatic heterocycles. The van der Waals surface area contributed by atoms with Gasteiger partial charge >= 0.3 is 0 Å². The van der Waals surface area contributed by atoms with E-state index in [1.54, 1.807) is 13.2 Å². The maximum absolute atomic E-state index is 8.92. The first-order chi connectivity index (χ1) is 8.17. The molecule has 1 aliphatic heterocycles. The minimum absolute atomic E-state index is 0.0664. The van der Waals surface area contributed by atoms with Gasteiger partial charge in [-0.1, -0.05) is 0 Å². The summed E-state index contributed by atoms with van der Waals surface area (Å²) < 4.78 is 5.55. The standard InChI is InChI=1S/C12H19N3O2/c1-12(17-2)6-3-7-15(9-12)11-5-4-10(8-16)13-14-11/h4-5,16H,3,6-9H2,1-2H3. The average molecular weight is 237 g/mol. The Kier molecular flexibility index (Phi) is 3.59. The van der Waals surface area contributed by atoms with E-state index in [1.807, 2.05) is 6.07 Å². The van der Waals surface area contributed by atoms with Gasteiger partial charge in [-0.15, -0.1) is 5.10 Å². The van der Waals surface area contributed by atoms with Gasteiger partial charge in [0.1, 0.15) is 0 Å². The smallest absolute Gasteiger partial charge is 0.151 e. The fourth-order valence-corrected chi connectivity index (χ4v) is 2.17. The third kappa shape index (κ3) is 2.73. The molecule has 94 valence electrons. The molecule has 0 bridgehead atoms. The number of anilines is 1. The summed E-state index contributed by atoms with van der Waals surface area (Å²) in [6.45, 7) is 3.86. The van der Waals surface area contributed by atoms with Crippen LogP contribution in [0, 0.1) is 0 Å². The molecule has 1 unspecified atom stereocenters. The summed E-state index contributed by atoms with van der Waals surface area (Å²) in [5, 5.41) is 17.0. The van der Waals surface area contributed by atoms with Crippen LogP contribution in [0.5, 0.6) is 0 Å². The van der Waals surface area contributed by atoms with Gasteiger partial charge in [-0.2, -0.15) is 5.10 Å². The van der Waals surface area contributed by atoms with Crippen LogP contribution in [0.3, 0.4) is 0 Å². The molecule has 1 fully saturated rings. The first-order valence-electron chi connectivity index (χ1n) is 5.90. The van der Waals surface area contributed by atoms with Crippen molar-refractivity contribution in [2.45, 2.75) is 32.0 Å². The van der Waals surface area contributed by atoms with E-state index in [0.717, 1.165) is 31.7 Å². The van der Waals surface area contributed by atoms with Crippen molar-refractivity contribution in [3.05, 3.63) is 17.8 Å². The molecule has 0 amide bonds. The molecule has 1 saturated heterocycles. The van der Waals surface area contributed by atoms with Crippen LogP contribution >= 0.6 is 0 Å². The highest BCUT2D eigenvalue weighted by atomic mass is 16.5. The zero-order valence-electron chi connectivity index (χ0n) is 10.4. The van der Waals surface area contributed by atoms with Gasteiger partial charge < -0.3 is 14.7 Å². The van der Waals surface area contributed by atoms with Crippen molar-refractivity contribution >= 4 is 5.82 Å². The van der Waals surface area contributed by atoms with Crippen molar-refractivity contribution in [1.82, 2.24) is 10.2 Å². The molecular weight excluding hydrogens is 218 g/mol. The quantitative estimate of drug-likeness (QED) is 0.849. The minimum Gasteiger partial charge on any atom is -0.390 e. The topological polar surface area (TPSA) is 58.5 Å². The van der Waals surface area contributed by atoms with Crippen LogP contribution in [0.2, 0.25) is 0 Å². The molecule has 17 heavy (non-hydrogen) atoms. The number of hydrogen-bond donors (Lipinski definition) is 1. The van der Waals surface area contributed by atoms with Gasteiger partial charge in [0.2, 0.25) is 0 Å². The van der Waals surface area contributed by atoms with E-state index < -0.39 is 0 Å². The third-order valence-corrected chi connectivity index (χ3v) is 3.34. The number of nitrogens with zero attached hydrogens (tertiary/aromatic N) is 3. The van der Waals surface area contributed by atoms with E-state index in [2.05, 4.69) is 22.0 Å². The molecule has 1 aromatic rings. The van der Waals surface area contributed by atoms with E-state index in [1.165, 1.54) is 0 Å². The highest BCUT2D eigenvalue weighted by molar-refractivity contribution is 5.38. The van der Waals surface area contributed by atoms with Crippen LogP contribution in [0.25, 0.3) is 0 Å². The molecule has 1 N–H and O–H groups in total. The molecule has 0 aromatic carbocycles. The lowest BCUT2D eigenvalue weighted by atomic mass is 9.95. The Labute approximate surface area is 101 Å². The number of aliphatic hydroxyl groups is 1. The second-order valence-corrected chi connectivity index (χ2v) is 4.72. The Bertz CT molecular complexity index is 369. The first-order valence-corrected chi connectivity index (χ1v) is 5.90. The summed E-state index contributed by atoms with van der Waals surface area (Å²) in [4.78, 5) is 2.18. The Balaban J connectivity index is 2.10. The largest absolute Gasteiger partial charge is 0.390 e. The lowest BCUT2D eigenvalue weighted by Crippen LogP contribution is -2.47. The zero-order valence-corrected chi connectivity index (χ0v) is 10.4. The van der Waals surface area contributed by atoms with E-state index in [9.17, 15) is 0 Å². The fourth-order valence-electron chi connectivity index (χ4n) is 2.17. The Hall–Kier alpha value is -1.20. The van der Waals surface area contributed by atoms with Crippen molar-refractivity contribution in [3.8, 4) is 0 Å². The summed E-state index contributed by atoms with van der Waals surface area (Å²) >= 11 is 0. The fraction of sp³-hybridized carbons (Fsp3) is 0.667. The number of ether oxygens (including phenoxy) is 1.